The van der Waals surface area contributed by atoms with E-state index in [-0.39, 0.29) is 18.1 Å². The van der Waals surface area contributed by atoms with Gasteiger partial charge in [0.05, 0.1) is 17.7 Å². The van der Waals surface area contributed by atoms with Crippen LogP contribution in [0.4, 0.5) is 0 Å². The Hall–Kier alpha value is -1.73. The Morgan fingerprint density at radius 2 is 2.38 bits per heavy atom. The smallest absolute Gasteiger partial charge is 0.255 e. The van der Waals surface area contributed by atoms with Crippen molar-refractivity contribution in [1.29, 1.82) is 0 Å². The third-order valence-electron chi connectivity index (χ3n) is 3.69. The molecule has 21 heavy (non-hydrogen) atoms. The Balaban J connectivity index is 1.91. The summed E-state index contributed by atoms with van der Waals surface area (Å²) < 4.78 is 6.12. The maximum atomic E-state index is 12.8. The first-order valence-corrected chi connectivity index (χ1v) is 7.42. The monoisotopic (exact) mass is 350 g/mol. The van der Waals surface area contributed by atoms with Crippen molar-refractivity contribution in [3.05, 3.63) is 46.7 Å². The molecule has 1 aliphatic rings. The van der Waals surface area contributed by atoms with Gasteiger partial charge in [0, 0.05) is 49.3 Å². The highest BCUT2D eigenvalue weighted by Gasteiger charge is 2.38. The minimum Gasteiger partial charge on any atom is -0.380 e. The van der Waals surface area contributed by atoms with Crippen LogP contribution in [0.1, 0.15) is 28.6 Å². The molecule has 3 heterocycles. The Morgan fingerprint density at radius 1 is 1.52 bits per heavy atom. The molecule has 1 aliphatic heterocycles. The van der Waals surface area contributed by atoms with Gasteiger partial charge < -0.3 is 14.6 Å². The molecule has 2 aromatic rings. The van der Waals surface area contributed by atoms with Crippen LogP contribution in [-0.4, -0.2) is 45.5 Å². The molecule has 1 fully saturated rings. The largest absolute Gasteiger partial charge is 0.380 e. The Kier molecular flexibility index (Phi) is 4.03. The number of halogens is 1. The number of hydrogen-bond donors (Lipinski definition) is 1. The number of nitrogens with one attached hydrogen (secondary N) is 1. The topological polar surface area (TPSA) is 71.1 Å². The number of hydrogen-bond acceptors (Lipinski definition) is 4. The number of imidazole rings is 1. The fourth-order valence-electron chi connectivity index (χ4n) is 2.61. The number of amides is 1. The summed E-state index contributed by atoms with van der Waals surface area (Å²) in [6.07, 6.45) is 7.45. The summed E-state index contributed by atoms with van der Waals surface area (Å²) in [4.78, 5) is 26.0. The van der Waals surface area contributed by atoms with E-state index in [2.05, 4.69) is 30.9 Å². The molecule has 1 unspecified atom stereocenters. The molecular weight excluding hydrogens is 336 g/mol. The number of aromatic nitrogens is 3. The quantitative estimate of drug-likeness (QED) is 0.920. The summed E-state index contributed by atoms with van der Waals surface area (Å²) in [5, 5.41) is 0. The van der Waals surface area contributed by atoms with Crippen LogP contribution in [0.2, 0.25) is 0 Å². The first-order chi connectivity index (χ1) is 10.2. The molecule has 0 aromatic carbocycles. The van der Waals surface area contributed by atoms with Crippen LogP contribution in [0, 0.1) is 0 Å². The summed E-state index contributed by atoms with van der Waals surface area (Å²) in [5.41, 5.74) is 0.596. The average Bonchev–Trinajstić information content (AvgIpc) is 3.15. The molecule has 1 saturated heterocycles. The number of likely N-dealkylation sites (tertiary alicyclic amines) is 1. The highest BCUT2D eigenvalue weighted by Crippen LogP contribution is 2.33. The number of carbonyl (C=O) groups excluding carboxylic acids is 1. The molecule has 110 valence electrons. The molecule has 0 saturated carbocycles. The lowest BCUT2D eigenvalue weighted by molar-refractivity contribution is 0.0683. The lowest BCUT2D eigenvalue weighted by Gasteiger charge is -2.23. The summed E-state index contributed by atoms with van der Waals surface area (Å²) in [6.45, 7) is 0.551. The number of carbonyl (C=O) groups is 1. The zero-order valence-electron chi connectivity index (χ0n) is 11.5. The van der Waals surface area contributed by atoms with E-state index in [0.29, 0.717) is 16.6 Å². The maximum Gasteiger partial charge on any atom is 0.255 e. The first kappa shape index (κ1) is 14.2. The molecule has 3 rings (SSSR count). The van der Waals surface area contributed by atoms with Crippen molar-refractivity contribution in [2.24, 2.45) is 0 Å². The van der Waals surface area contributed by atoms with Gasteiger partial charge in [-0.05, 0) is 22.0 Å². The molecule has 2 aromatic heterocycles. The second-order valence-corrected chi connectivity index (χ2v) is 5.75. The lowest BCUT2D eigenvalue weighted by atomic mass is 10.1. The summed E-state index contributed by atoms with van der Waals surface area (Å²) in [6, 6.07) is 1.61. The van der Waals surface area contributed by atoms with Crippen LogP contribution in [0.5, 0.6) is 0 Å². The highest BCUT2D eigenvalue weighted by molar-refractivity contribution is 9.10. The minimum absolute atomic E-state index is 0.0182. The standard InChI is InChI=1S/C14H15BrN4O2/c1-21-9-6-12(13-17-4-5-18-13)19(8-9)14(20)10-2-3-16-7-11(10)15/h2-5,7,9,12H,6,8H2,1H3,(H,17,18)/t9-,12?/m1/s1. The van der Waals surface area contributed by atoms with Crippen molar-refractivity contribution >= 4 is 21.8 Å². The van der Waals surface area contributed by atoms with Crippen LogP contribution >= 0.6 is 15.9 Å². The predicted octanol–water partition coefficient (Wildman–Crippen LogP) is 2.17. The van der Waals surface area contributed by atoms with Crippen LogP contribution in [0.3, 0.4) is 0 Å². The van der Waals surface area contributed by atoms with Gasteiger partial charge in [0.15, 0.2) is 0 Å². The first-order valence-electron chi connectivity index (χ1n) is 6.63. The molecule has 0 spiro atoms. The van der Waals surface area contributed by atoms with Gasteiger partial charge >= 0.3 is 0 Å². The zero-order valence-corrected chi connectivity index (χ0v) is 13.1. The molecule has 0 bridgehead atoms. The summed E-state index contributed by atoms with van der Waals surface area (Å²) >= 11 is 3.38. The van der Waals surface area contributed by atoms with Gasteiger partial charge in [-0.1, -0.05) is 0 Å². The molecule has 1 amide bonds. The SMILES string of the molecule is CO[C@@H]1CC(c2ncc[nH]2)N(C(=O)c2ccncc2Br)C1. The second-order valence-electron chi connectivity index (χ2n) is 4.90. The van der Waals surface area contributed by atoms with E-state index in [4.69, 9.17) is 4.74 Å². The van der Waals surface area contributed by atoms with Gasteiger partial charge in [-0.3, -0.25) is 9.78 Å². The van der Waals surface area contributed by atoms with Crippen LogP contribution in [0.15, 0.2) is 35.3 Å². The van der Waals surface area contributed by atoms with Crippen molar-refractivity contribution in [1.82, 2.24) is 19.9 Å². The normalized spacial score (nSPS) is 21.7. The van der Waals surface area contributed by atoms with Crippen molar-refractivity contribution in [3.8, 4) is 0 Å². The minimum atomic E-state index is -0.0995. The van der Waals surface area contributed by atoms with E-state index in [1.807, 2.05) is 0 Å². The van der Waals surface area contributed by atoms with Crippen molar-refractivity contribution in [3.63, 3.8) is 0 Å². The van der Waals surface area contributed by atoms with E-state index >= 15 is 0 Å². The lowest BCUT2D eigenvalue weighted by Crippen LogP contribution is -2.32. The molecule has 0 radical (unpaired) electrons. The van der Waals surface area contributed by atoms with Crippen molar-refractivity contribution < 1.29 is 9.53 Å². The van der Waals surface area contributed by atoms with Crippen LogP contribution in [0.25, 0.3) is 0 Å². The second kappa shape index (κ2) is 5.95. The van der Waals surface area contributed by atoms with E-state index < -0.39 is 0 Å². The van der Waals surface area contributed by atoms with Gasteiger partial charge in [-0.2, -0.15) is 0 Å². The van der Waals surface area contributed by atoms with Gasteiger partial charge in [0.2, 0.25) is 0 Å². The van der Waals surface area contributed by atoms with E-state index in [1.165, 1.54) is 0 Å². The van der Waals surface area contributed by atoms with E-state index in [0.717, 1.165) is 12.2 Å². The molecule has 2 atom stereocenters. The average molecular weight is 351 g/mol. The van der Waals surface area contributed by atoms with Gasteiger partial charge in [-0.15, -0.1) is 0 Å². The molecule has 6 nitrogen and oxygen atoms in total. The number of pyridine rings is 1. The van der Waals surface area contributed by atoms with Crippen molar-refractivity contribution in [2.75, 3.05) is 13.7 Å². The summed E-state index contributed by atoms with van der Waals surface area (Å²) in [7, 11) is 1.67. The molecular formula is C14H15BrN4O2. The molecule has 0 aliphatic carbocycles. The predicted molar refractivity (Wildman–Crippen MR) is 79.7 cm³/mol. The van der Waals surface area contributed by atoms with Crippen LogP contribution < -0.4 is 0 Å². The third-order valence-corrected chi connectivity index (χ3v) is 4.33. The van der Waals surface area contributed by atoms with Gasteiger partial charge in [-0.25, -0.2) is 4.98 Å². The highest BCUT2D eigenvalue weighted by atomic mass is 79.9. The fraction of sp³-hybridized carbons (Fsp3) is 0.357. The Bertz CT molecular complexity index is 632. The maximum absolute atomic E-state index is 12.8. The fourth-order valence-corrected chi connectivity index (χ4v) is 3.03. The summed E-state index contributed by atoms with van der Waals surface area (Å²) in [5.74, 6) is 0.735. The van der Waals surface area contributed by atoms with Gasteiger partial charge in [0.1, 0.15) is 5.82 Å². The zero-order chi connectivity index (χ0) is 14.8. The number of ether oxygens (including phenoxy) is 1. The van der Waals surface area contributed by atoms with E-state index in [1.54, 1.807) is 42.9 Å². The van der Waals surface area contributed by atoms with Crippen molar-refractivity contribution in [2.45, 2.75) is 18.6 Å². The number of rotatable bonds is 3. The molecule has 1 N–H and O–H groups in total. The third kappa shape index (κ3) is 2.71. The Morgan fingerprint density at radius 3 is 3.05 bits per heavy atom. The van der Waals surface area contributed by atoms with E-state index in [9.17, 15) is 4.79 Å². The number of methoxy groups -OCH3 is 1. The van der Waals surface area contributed by atoms with Crippen LogP contribution in [-0.2, 0) is 4.74 Å². The number of H-pyrrole nitrogens is 1. The number of nitrogens with zero attached hydrogens (tertiary/aromatic N) is 3. The molecule has 7 heteroatoms. The van der Waals surface area contributed by atoms with Gasteiger partial charge in [0.25, 0.3) is 5.91 Å². The number of aromatic amines is 1. The Labute approximate surface area is 130 Å².